The molecule has 0 radical (unpaired) electrons. The van der Waals surface area contributed by atoms with Crippen molar-refractivity contribution >= 4 is 12.1 Å². The van der Waals surface area contributed by atoms with E-state index in [1.807, 2.05) is 6.07 Å². The third-order valence-electron chi connectivity index (χ3n) is 3.79. The smallest absolute Gasteiger partial charge is 0.328 e. The second kappa shape index (κ2) is 6.48. The van der Waals surface area contributed by atoms with Crippen molar-refractivity contribution in [1.82, 2.24) is 25.1 Å². The molecule has 1 aromatic heterocycles. The van der Waals surface area contributed by atoms with Crippen LogP contribution in [0.15, 0.2) is 12.4 Å². The summed E-state index contributed by atoms with van der Waals surface area (Å²) < 4.78 is 5.74. The highest BCUT2D eigenvalue weighted by atomic mass is 16.5. The summed E-state index contributed by atoms with van der Waals surface area (Å²) in [5.41, 5.74) is 0.120. The molecule has 0 unspecified atom stereocenters. The molecular formula is C14H16N6O3. The number of hydrogen-bond donors (Lipinski definition) is 1. The molecule has 0 bridgehead atoms. The van der Waals surface area contributed by atoms with E-state index >= 15 is 0 Å². The van der Waals surface area contributed by atoms with E-state index in [9.17, 15) is 9.59 Å². The fourth-order valence-electron chi connectivity index (χ4n) is 2.68. The van der Waals surface area contributed by atoms with Gasteiger partial charge < -0.3 is 15.0 Å². The SMILES string of the molecule is N#Cc1nccnc1O[C@H]1CCCN(C(=O)N2CCNC2=O)C1. The van der Waals surface area contributed by atoms with E-state index in [2.05, 4.69) is 15.3 Å². The Hall–Kier alpha value is -2.89. The lowest BCUT2D eigenvalue weighted by molar-refractivity contribution is 0.0877. The van der Waals surface area contributed by atoms with Gasteiger partial charge in [0, 0.05) is 32.0 Å². The molecule has 9 heteroatoms. The number of rotatable bonds is 2. The number of ether oxygens (including phenoxy) is 1. The van der Waals surface area contributed by atoms with Crippen molar-refractivity contribution in [3.63, 3.8) is 0 Å². The van der Waals surface area contributed by atoms with E-state index in [0.717, 1.165) is 12.8 Å². The Morgan fingerprint density at radius 3 is 2.96 bits per heavy atom. The van der Waals surface area contributed by atoms with Gasteiger partial charge in [0.05, 0.1) is 6.54 Å². The van der Waals surface area contributed by atoms with Gasteiger partial charge in [0.2, 0.25) is 5.69 Å². The van der Waals surface area contributed by atoms with Gasteiger partial charge in [-0.25, -0.2) is 24.5 Å². The maximum absolute atomic E-state index is 12.4. The summed E-state index contributed by atoms with van der Waals surface area (Å²) in [5.74, 6) is 0.174. The summed E-state index contributed by atoms with van der Waals surface area (Å²) >= 11 is 0. The maximum atomic E-state index is 12.4. The van der Waals surface area contributed by atoms with Gasteiger partial charge in [0.15, 0.2) is 0 Å². The fraction of sp³-hybridized carbons (Fsp3) is 0.500. The van der Waals surface area contributed by atoms with Gasteiger partial charge in [0.1, 0.15) is 12.2 Å². The molecule has 2 aliphatic rings. The van der Waals surface area contributed by atoms with E-state index in [1.54, 1.807) is 4.90 Å². The lowest BCUT2D eigenvalue weighted by Crippen LogP contribution is -2.50. The predicted molar refractivity (Wildman–Crippen MR) is 77.5 cm³/mol. The third kappa shape index (κ3) is 3.15. The van der Waals surface area contributed by atoms with Crippen molar-refractivity contribution in [2.24, 2.45) is 0 Å². The number of aromatic nitrogens is 2. The molecule has 120 valence electrons. The molecule has 2 saturated heterocycles. The number of carbonyl (C=O) groups is 2. The molecule has 23 heavy (non-hydrogen) atoms. The second-order valence-electron chi connectivity index (χ2n) is 5.32. The first-order chi connectivity index (χ1) is 11.2. The van der Waals surface area contributed by atoms with Gasteiger partial charge in [-0.05, 0) is 12.8 Å². The molecule has 3 rings (SSSR count). The van der Waals surface area contributed by atoms with Crippen LogP contribution < -0.4 is 10.1 Å². The molecule has 0 saturated carbocycles. The number of nitrogens with one attached hydrogen (secondary N) is 1. The van der Waals surface area contributed by atoms with Crippen LogP contribution in [-0.2, 0) is 0 Å². The Kier molecular flexibility index (Phi) is 4.23. The number of urea groups is 2. The van der Waals surface area contributed by atoms with E-state index in [-0.39, 0.29) is 29.7 Å². The molecule has 0 aliphatic carbocycles. The fourth-order valence-corrected chi connectivity index (χ4v) is 2.68. The van der Waals surface area contributed by atoms with Crippen molar-refractivity contribution in [3.8, 4) is 11.9 Å². The van der Waals surface area contributed by atoms with Crippen molar-refractivity contribution in [1.29, 1.82) is 5.26 Å². The molecular weight excluding hydrogens is 300 g/mol. The van der Waals surface area contributed by atoms with Gasteiger partial charge in [-0.2, -0.15) is 5.26 Å². The minimum Gasteiger partial charge on any atom is -0.470 e. The summed E-state index contributed by atoms with van der Waals surface area (Å²) in [7, 11) is 0. The quantitative estimate of drug-likeness (QED) is 0.842. The van der Waals surface area contributed by atoms with E-state index in [4.69, 9.17) is 10.00 Å². The lowest BCUT2D eigenvalue weighted by Gasteiger charge is -2.34. The molecule has 4 amide bonds. The topological polar surface area (TPSA) is 111 Å². The van der Waals surface area contributed by atoms with Crippen LogP contribution in [0.4, 0.5) is 9.59 Å². The number of amides is 4. The monoisotopic (exact) mass is 316 g/mol. The maximum Gasteiger partial charge on any atom is 0.328 e. The standard InChI is InChI=1S/C14H16N6O3/c15-8-11-12(17-4-3-16-11)23-10-2-1-6-19(9-10)14(22)20-7-5-18-13(20)21/h3-4,10H,1-2,5-7,9H2,(H,18,21)/t10-/m0/s1. The molecule has 1 atom stereocenters. The van der Waals surface area contributed by atoms with Crippen LogP contribution in [0.2, 0.25) is 0 Å². The van der Waals surface area contributed by atoms with Crippen LogP contribution in [0.1, 0.15) is 18.5 Å². The minimum atomic E-state index is -0.362. The first-order valence-corrected chi connectivity index (χ1v) is 7.41. The number of likely N-dealkylation sites (tertiary alicyclic amines) is 1. The third-order valence-corrected chi connectivity index (χ3v) is 3.79. The average molecular weight is 316 g/mol. The number of piperidine rings is 1. The molecule has 3 heterocycles. The zero-order valence-corrected chi connectivity index (χ0v) is 12.4. The number of imide groups is 1. The van der Waals surface area contributed by atoms with Crippen molar-refractivity contribution in [3.05, 3.63) is 18.1 Å². The number of hydrogen-bond acceptors (Lipinski definition) is 6. The van der Waals surface area contributed by atoms with Crippen molar-refractivity contribution in [2.75, 3.05) is 26.2 Å². The molecule has 2 aliphatic heterocycles. The van der Waals surface area contributed by atoms with Crippen LogP contribution in [0.5, 0.6) is 5.88 Å². The van der Waals surface area contributed by atoms with Crippen LogP contribution in [0.3, 0.4) is 0 Å². The lowest BCUT2D eigenvalue weighted by atomic mass is 10.1. The highest BCUT2D eigenvalue weighted by Crippen LogP contribution is 2.19. The summed E-state index contributed by atoms with van der Waals surface area (Å²) in [6, 6.07) is 1.26. The first kappa shape index (κ1) is 15.0. The van der Waals surface area contributed by atoms with Gasteiger partial charge in [0.25, 0.3) is 5.88 Å². The number of nitriles is 1. The molecule has 0 spiro atoms. The molecule has 0 aromatic carbocycles. The van der Waals surface area contributed by atoms with Crippen molar-refractivity contribution in [2.45, 2.75) is 18.9 Å². The van der Waals surface area contributed by atoms with Crippen LogP contribution in [0, 0.1) is 11.3 Å². The van der Waals surface area contributed by atoms with Crippen LogP contribution >= 0.6 is 0 Å². The number of nitrogens with zero attached hydrogens (tertiary/aromatic N) is 5. The summed E-state index contributed by atoms with van der Waals surface area (Å²) in [6.45, 7) is 1.78. The Morgan fingerprint density at radius 2 is 2.22 bits per heavy atom. The van der Waals surface area contributed by atoms with E-state index < -0.39 is 0 Å². The first-order valence-electron chi connectivity index (χ1n) is 7.41. The predicted octanol–water partition coefficient (Wildman–Crippen LogP) is 0.337. The van der Waals surface area contributed by atoms with Gasteiger partial charge in [-0.1, -0.05) is 0 Å². The Morgan fingerprint density at radius 1 is 1.39 bits per heavy atom. The molecule has 1 aromatic rings. The average Bonchev–Trinajstić information content (AvgIpc) is 3.01. The molecule has 9 nitrogen and oxygen atoms in total. The Bertz CT molecular complexity index is 658. The van der Waals surface area contributed by atoms with E-state index in [1.165, 1.54) is 17.3 Å². The van der Waals surface area contributed by atoms with Gasteiger partial charge in [-0.15, -0.1) is 0 Å². The Balaban J connectivity index is 1.65. The van der Waals surface area contributed by atoms with Gasteiger partial charge >= 0.3 is 12.1 Å². The highest BCUT2D eigenvalue weighted by molar-refractivity contribution is 5.95. The normalized spacial score (nSPS) is 20.8. The molecule has 2 fully saturated rings. The zero-order valence-electron chi connectivity index (χ0n) is 12.4. The largest absolute Gasteiger partial charge is 0.470 e. The van der Waals surface area contributed by atoms with E-state index in [0.29, 0.717) is 26.2 Å². The number of carbonyl (C=O) groups excluding carboxylic acids is 2. The zero-order chi connectivity index (χ0) is 16.2. The van der Waals surface area contributed by atoms with Gasteiger partial charge in [-0.3, -0.25) is 0 Å². The second-order valence-corrected chi connectivity index (χ2v) is 5.32. The van der Waals surface area contributed by atoms with Crippen molar-refractivity contribution < 1.29 is 14.3 Å². The Labute approximate surface area is 132 Å². The summed E-state index contributed by atoms with van der Waals surface area (Å²) in [6.07, 6.45) is 4.11. The van der Waals surface area contributed by atoms with Crippen LogP contribution in [0.25, 0.3) is 0 Å². The minimum absolute atomic E-state index is 0.120. The molecule has 1 N–H and O–H groups in total. The summed E-state index contributed by atoms with van der Waals surface area (Å²) in [4.78, 5) is 34.7. The van der Waals surface area contributed by atoms with Crippen LogP contribution in [-0.4, -0.2) is 64.1 Å². The highest BCUT2D eigenvalue weighted by Gasteiger charge is 2.33. The summed E-state index contributed by atoms with van der Waals surface area (Å²) in [5, 5.41) is 11.6.